The van der Waals surface area contributed by atoms with Crippen LogP contribution in [-0.2, 0) is 32.2 Å². The van der Waals surface area contributed by atoms with Crippen LogP contribution in [0.5, 0.6) is 0 Å². The molecule has 0 bridgehead atoms. The molecule has 0 heterocycles. The lowest BCUT2D eigenvalue weighted by Crippen LogP contribution is -2.46. The van der Waals surface area contributed by atoms with Crippen molar-refractivity contribution in [2.45, 2.75) is 45.6 Å². The first-order valence-electron chi connectivity index (χ1n) is 9.65. The Hall–Kier alpha value is -3.46. The molecule has 1 amide bonds. The summed E-state index contributed by atoms with van der Waals surface area (Å²) in [5.74, 6) is -0.709. The Balaban J connectivity index is 1.94. The van der Waals surface area contributed by atoms with E-state index >= 15 is 0 Å². The number of nitrogens with one attached hydrogen (secondary N) is 1. The van der Waals surface area contributed by atoms with Crippen molar-refractivity contribution in [3.8, 4) is 0 Å². The highest BCUT2D eigenvalue weighted by Gasteiger charge is 2.26. The summed E-state index contributed by atoms with van der Waals surface area (Å²) in [6, 6.07) is 13.7. The molecule has 0 saturated heterocycles. The summed E-state index contributed by atoms with van der Waals surface area (Å²) in [4.78, 5) is 34.9. The van der Waals surface area contributed by atoms with Crippen LogP contribution in [0.1, 0.15) is 31.9 Å². The van der Waals surface area contributed by atoms with E-state index in [0.29, 0.717) is 5.56 Å². The Kier molecular flexibility index (Phi) is 8.51. The summed E-state index contributed by atoms with van der Waals surface area (Å²) in [5, 5.41) is 13.2. The van der Waals surface area contributed by atoms with Gasteiger partial charge in [0, 0.05) is 12.1 Å². The topological polar surface area (TPSA) is 117 Å². The van der Waals surface area contributed by atoms with Gasteiger partial charge in [-0.1, -0.05) is 30.3 Å². The van der Waals surface area contributed by atoms with Gasteiger partial charge in [-0.05, 0) is 44.0 Å². The average molecular weight is 430 g/mol. The van der Waals surface area contributed by atoms with Crippen molar-refractivity contribution in [3.63, 3.8) is 0 Å². The van der Waals surface area contributed by atoms with Gasteiger partial charge in [-0.2, -0.15) is 0 Å². The summed E-state index contributed by atoms with van der Waals surface area (Å²) in [6.07, 6.45) is -0.779. The van der Waals surface area contributed by atoms with Crippen LogP contribution >= 0.6 is 0 Å². The SMILES string of the molecule is CC(C)(C)OC[C@H](NC(=O)OCc1ccccc1)C(=O)OCc1ccc([N+](=O)[O-])cc1. The molecule has 0 aliphatic rings. The average Bonchev–Trinajstić information content (AvgIpc) is 2.73. The van der Waals surface area contributed by atoms with Gasteiger partial charge < -0.3 is 19.5 Å². The molecule has 2 aromatic rings. The van der Waals surface area contributed by atoms with Crippen molar-refractivity contribution in [2.24, 2.45) is 0 Å². The van der Waals surface area contributed by atoms with Crippen molar-refractivity contribution < 1.29 is 28.7 Å². The van der Waals surface area contributed by atoms with E-state index < -0.39 is 28.6 Å². The number of nitro benzene ring substituents is 1. The van der Waals surface area contributed by atoms with Crippen LogP contribution in [0.4, 0.5) is 10.5 Å². The van der Waals surface area contributed by atoms with Crippen LogP contribution in [0.2, 0.25) is 0 Å². The molecule has 0 aromatic heterocycles. The third-order valence-corrected chi connectivity index (χ3v) is 4.00. The van der Waals surface area contributed by atoms with Crippen molar-refractivity contribution in [1.82, 2.24) is 5.32 Å². The summed E-state index contributed by atoms with van der Waals surface area (Å²) in [5.41, 5.74) is 0.781. The number of nitro groups is 1. The molecule has 31 heavy (non-hydrogen) atoms. The van der Waals surface area contributed by atoms with Gasteiger partial charge in [0.05, 0.1) is 17.1 Å². The van der Waals surface area contributed by atoms with Gasteiger partial charge in [-0.25, -0.2) is 9.59 Å². The zero-order chi connectivity index (χ0) is 22.9. The highest BCUT2D eigenvalue weighted by molar-refractivity contribution is 5.81. The van der Waals surface area contributed by atoms with Crippen molar-refractivity contribution in [3.05, 3.63) is 75.8 Å². The molecule has 0 spiro atoms. The van der Waals surface area contributed by atoms with Crippen molar-refractivity contribution >= 4 is 17.7 Å². The number of alkyl carbamates (subject to hydrolysis) is 1. The van der Waals surface area contributed by atoms with Crippen LogP contribution in [0.3, 0.4) is 0 Å². The number of esters is 1. The molecule has 0 aliphatic carbocycles. The van der Waals surface area contributed by atoms with Crippen LogP contribution in [0, 0.1) is 10.1 Å². The molecule has 0 unspecified atom stereocenters. The molecule has 1 atom stereocenters. The van der Waals surface area contributed by atoms with Gasteiger partial charge in [0.1, 0.15) is 13.2 Å². The Morgan fingerprint density at radius 3 is 2.13 bits per heavy atom. The number of hydrogen-bond donors (Lipinski definition) is 1. The lowest BCUT2D eigenvalue weighted by atomic mass is 10.2. The monoisotopic (exact) mass is 430 g/mol. The molecule has 2 rings (SSSR count). The lowest BCUT2D eigenvalue weighted by Gasteiger charge is -2.24. The third kappa shape index (κ3) is 8.83. The molecular weight excluding hydrogens is 404 g/mol. The standard InChI is InChI=1S/C22H26N2O7/c1-22(2,3)31-15-19(23-21(26)30-14-16-7-5-4-6-8-16)20(25)29-13-17-9-11-18(12-10-17)24(27)28/h4-12,19H,13-15H2,1-3H3,(H,23,26)/t19-/m0/s1. The van der Waals surface area contributed by atoms with E-state index in [1.807, 2.05) is 51.1 Å². The smallest absolute Gasteiger partial charge is 0.408 e. The van der Waals surface area contributed by atoms with Gasteiger partial charge in [0.15, 0.2) is 6.04 Å². The molecule has 0 fully saturated rings. The minimum atomic E-state index is -1.08. The number of carbonyl (C=O) groups is 2. The van der Waals surface area contributed by atoms with Gasteiger partial charge in [0.2, 0.25) is 0 Å². The van der Waals surface area contributed by atoms with E-state index in [4.69, 9.17) is 14.2 Å². The van der Waals surface area contributed by atoms with Crippen molar-refractivity contribution in [2.75, 3.05) is 6.61 Å². The Morgan fingerprint density at radius 1 is 0.968 bits per heavy atom. The van der Waals surface area contributed by atoms with Gasteiger partial charge >= 0.3 is 12.1 Å². The first-order valence-corrected chi connectivity index (χ1v) is 9.65. The van der Waals surface area contributed by atoms with Crippen molar-refractivity contribution in [1.29, 1.82) is 0 Å². The number of rotatable bonds is 9. The maximum Gasteiger partial charge on any atom is 0.408 e. The zero-order valence-electron chi connectivity index (χ0n) is 17.7. The number of hydrogen-bond acceptors (Lipinski definition) is 7. The minimum Gasteiger partial charge on any atom is -0.459 e. The highest BCUT2D eigenvalue weighted by Crippen LogP contribution is 2.13. The van der Waals surface area contributed by atoms with E-state index in [1.54, 1.807) is 0 Å². The maximum absolute atomic E-state index is 12.5. The van der Waals surface area contributed by atoms with E-state index in [2.05, 4.69) is 5.32 Å². The zero-order valence-corrected chi connectivity index (χ0v) is 17.7. The van der Waals surface area contributed by atoms with Crippen LogP contribution in [0.15, 0.2) is 54.6 Å². The number of carbonyl (C=O) groups excluding carboxylic acids is 2. The quantitative estimate of drug-likeness (QED) is 0.366. The minimum absolute atomic E-state index is 0.0529. The Morgan fingerprint density at radius 2 is 1.55 bits per heavy atom. The molecule has 166 valence electrons. The number of nitrogens with zero attached hydrogens (tertiary/aromatic N) is 1. The first kappa shape index (κ1) is 23.8. The first-order chi connectivity index (χ1) is 14.6. The van der Waals surface area contributed by atoms with E-state index in [-0.39, 0.29) is 25.5 Å². The lowest BCUT2D eigenvalue weighted by molar-refractivity contribution is -0.384. The Labute approximate surface area is 180 Å². The largest absolute Gasteiger partial charge is 0.459 e. The fourth-order valence-corrected chi connectivity index (χ4v) is 2.38. The van der Waals surface area contributed by atoms with Crippen LogP contribution < -0.4 is 5.32 Å². The predicted octanol–water partition coefficient (Wildman–Crippen LogP) is 3.75. The fourth-order valence-electron chi connectivity index (χ4n) is 2.38. The number of amides is 1. The van der Waals surface area contributed by atoms with Gasteiger partial charge in [0.25, 0.3) is 5.69 Å². The summed E-state index contributed by atoms with van der Waals surface area (Å²) < 4.78 is 16.0. The molecule has 1 N–H and O–H groups in total. The molecular formula is C22H26N2O7. The third-order valence-electron chi connectivity index (χ3n) is 4.00. The second kappa shape index (κ2) is 11.1. The fraction of sp³-hybridized carbons (Fsp3) is 0.364. The molecule has 0 aliphatic heterocycles. The summed E-state index contributed by atoms with van der Waals surface area (Å²) in [6.45, 7) is 5.30. The Bertz CT molecular complexity index is 877. The number of non-ortho nitro benzene ring substituents is 1. The second-order valence-electron chi connectivity index (χ2n) is 7.71. The molecule has 2 aromatic carbocycles. The highest BCUT2D eigenvalue weighted by atomic mass is 16.6. The summed E-state index contributed by atoms with van der Waals surface area (Å²) in [7, 11) is 0. The summed E-state index contributed by atoms with van der Waals surface area (Å²) >= 11 is 0. The van der Waals surface area contributed by atoms with Crippen LogP contribution in [0.25, 0.3) is 0 Å². The van der Waals surface area contributed by atoms with E-state index in [1.165, 1.54) is 24.3 Å². The predicted molar refractivity (Wildman–Crippen MR) is 112 cm³/mol. The maximum atomic E-state index is 12.5. The van der Waals surface area contributed by atoms with E-state index in [9.17, 15) is 19.7 Å². The molecule has 0 saturated carbocycles. The molecule has 0 radical (unpaired) electrons. The number of ether oxygens (including phenoxy) is 3. The molecule has 9 nitrogen and oxygen atoms in total. The van der Waals surface area contributed by atoms with E-state index in [0.717, 1.165) is 5.56 Å². The molecule has 9 heteroatoms. The van der Waals surface area contributed by atoms with Gasteiger partial charge in [-0.3, -0.25) is 10.1 Å². The van der Waals surface area contributed by atoms with Gasteiger partial charge in [-0.15, -0.1) is 0 Å². The normalized spacial score (nSPS) is 12.0. The second-order valence-corrected chi connectivity index (χ2v) is 7.71. The number of benzene rings is 2. The van der Waals surface area contributed by atoms with Crippen LogP contribution in [-0.4, -0.2) is 35.2 Å².